The number of nitrogen functional groups attached to an aromatic ring is 1. The van der Waals surface area contributed by atoms with E-state index in [9.17, 15) is 4.79 Å². The molecule has 0 fully saturated rings. The van der Waals surface area contributed by atoms with Gasteiger partial charge in [-0.3, -0.25) is 4.68 Å². The van der Waals surface area contributed by atoms with E-state index in [1.165, 1.54) is 6.07 Å². The fraction of sp³-hybridized carbons (Fsp3) is 0.167. The maximum absolute atomic E-state index is 11.7. The molecule has 18 heavy (non-hydrogen) atoms. The highest BCUT2D eigenvalue weighted by molar-refractivity contribution is 6.33. The molecule has 0 aliphatic rings. The number of esters is 1. The van der Waals surface area contributed by atoms with E-state index in [2.05, 4.69) is 5.10 Å². The Morgan fingerprint density at radius 3 is 2.89 bits per heavy atom. The van der Waals surface area contributed by atoms with Crippen molar-refractivity contribution in [3.05, 3.63) is 46.7 Å². The van der Waals surface area contributed by atoms with Crippen LogP contribution in [-0.4, -0.2) is 15.7 Å². The third-order valence-corrected chi connectivity index (χ3v) is 2.70. The first-order valence-electron chi connectivity index (χ1n) is 5.27. The quantitative estimate of drug-likeness (QED) is 0.681. The number of carbonyl (C=O) groups excluding carboxylic acids is 1. The van der Waals surface area contributed by atoms with E-state index in [1.807, 2.05) is 0 Å². The van der Waals surface area contributed by atoms with Gasteiger partial charge in [-0.1, -0.05) is 11.6 Å². The average Bonchev–Trinajstić information content (AvgIpc) is 2.75. The van der Waals surface area contributed by atoms with Crippen LogP contribution in [0.5, 0.6) is 0 Å². The van der Waals surface area contributed by atoms with Gasteiger partial charge in [0.1, 0.15) is 6.61 Å². The molecule has 1 aromatic heterocycles. The van der Waals surface area contributed by atoms with Crippen LogP contribution in [-0.2, 0) is 18.4 Å². The molecule has 2 N–H and O–H groups in total. The molecule has 0 bridgehead atoms. The normalized spacial score (nSPS) is 10.3. The van der Waals surface area contributed by atoms with Crippen molar-refractivity contribution in [1.29, 1.82) is 0 Å². The van der Waals surface area contributed by atoms with Gasteiger partial charge in [0.15, 0.2) is 0 Å². The molecule has 0 saturated heterocycles. The van der Waals surface area contributed by atoms with Gasteiger partial charge in [0.25, 0.3) is 0 Å². The number of anilines is 1. The lowest BCUT2D eigenvalue weighted by atomic mass is 10.2. The summed E-state index contributed by atoms with van der Waals surface area (Å²) in [6.45, 7) is 0.127. The summed E-state index contributed by atoms with van der Waals surface area (Å²) >= 11 is 5.77. The predicted molar refractivity (Wildman–Crippen MR) is 68.2 cm³/mol. The smallest absolute Gasteiger partial charge is 0.338 e. The molecule has 1 aromatic carbocycles. The zero-order valence-electron chi connectivity index (χ0n) is 9.76. The summed E-state index contributed by atoms with van der Waals surface area (Å²) in [7, 11) is 1.80. The highest BCUT2D eigenvalue weighted by Gasteiger charge is 2.09. The van der Waals surface area contributed by atoms with Crippen LogP contribution < -0.4 is 5.73 Å². The second kappa shape index (κ2) is 5.10. The Morgan fingerprint density at radius 2 is 2.28 bits per heavy atom. The number of hydrogen-bond donors (Lipinski definition) is 1. The molecule has 5 nitrogen and oxygen atoms in total. The number of aryl methyl sites for hydroxylation is 1. The largest absolute Gasteiger partial charge is 0.456 e. The average molecular weight is 266 g/mol. The van der Waals surface area contributed by atoms with E-state index in [4.69, 9.17) is 22.1 Å². The van der Waals surface area contributed by atoms with Crippen molar-refractivity contribution in [2.75, 3.05) is 5.73 Å². The maximum Gasteiger partial charge on any atom is 0.338 e. The van der Waals surface area contributed by atoms with Crippen LogP contribution in [0.1, 0.15) is 16.1 Å². The highest BCUT2D eigenvalue weighted by atomic mass is 35.5. The van der Waals surface area contributed by atoms with Crippen molar-refractivity contribution in [3.63, 3.8) is 0 Å². The van der Waals surface area contributed by atoms with E-state index in [0.29, 0.717) is 22.0 Å². The van der Waals surface area contributed by atoms with Crippen LogP contribution in [0.25, 0.3) is 0 Å². The summed E-state index contributed by atoms with van der Waals surface area (Å²) in [6, 6.07) is 6.40. The fourth-order valence-electron chi connectivity index (χ4n) is 1.43. The van der Waals surface area contributed by atoms with Crippen LogP contribution in [0, 0.1) is 0 Å². The Balaban J connectivity index is 2.01. The number of ether oxygens (including phenoxy) is 1. The third kappa shape index (κ3) is 2.81. The Bertz CT molecular complexity index is 580. The molecule has 0 aliphatic heterocycles. The first-order valence-corrected chi connectivity index (χ1v) is 5.65. The van der Waals surface area contributed by atoms with Gasteiger partial charge in [0, 0.05) is 13.2 Å². The zero-order valence-corrected chi connectivity index (χ0v) is 10.5. The van der Waals surface area contributed by atoms with Crippen molar-refractivity contribution in [2.24, 2.45) is 7.05 Å². The van der Waals surface area contributed by atoms with Gasteiger partial charge < -0.3 is 10.5 Å². The summed E-state index contributed by atoms with van der Waals surface area (Å²) in [5, 5.41) is 4.51. The van der Waals surface area contributed by atoms with Gasteiger partial charge in [-0.25, -0.2) is 4.79 Å². The van der Waals surface area contributed by atoms with Crippen LogP contribution in [0.15, 0.2) is 30.5 Å². The molecule has 0 atom stereocenters. The summed E-state index contributed by atoms with van der Waals surface area (Å²) in [4.78, 5) is 11.7. The lowest BCUT2D eigenvalue weighted by Gasteiger charge is -2.04. The van der Waals surface area contributed by atoms with Crippen molar-refractivity contribution in [1.82, 2.24) is 9.78 Å². The van der Waals surface area contributed by atoms with E-state index in [1.54, 1.807) is 36.1 Å². The van der Waals surface area contributed by atoms with Crippen LogP contribution >= 0.6 is 11.6 Å². The number of halogens is 1. The second-order valence-electron chi connectivity index (χ2n) is 3.79. The monoisotopic (exact) mass is 265 g/mol. The van der Waals surface area contributed by atoms with Gasteiger partial charge in [-0.15, -0.1) is 0 Å². The molecule has 2 rings (SSSR count). The molecule has 0 radical (unpaired) electrons. The lowest BCUT2D eigenvalue weighted by molar-refractivity contribution is 0.0467. The van der Waals surface area contributed by atoms with Gasteiger partial charge >= 0.3 is 5.97 Å². The van der Waals surface area contributed by atoms with E-state index in [-0.39, 0.29) is 6.61 Å². The third-order valence-electron chi connectivity index (χ3n) is 2.35. The Hall–Kier alpha value is -2.01. The van der Waals surface area contributed by atoms with E-state index >= 15 is 0 Å². The molecule has 0 amide bonds. The molecule has 94 valence electrons. The van der Waals surface area contributed by atoms with E-state index in [0.717, 1.165) is 0 Å². The second-order valence-corrected chi connectivity index (χ2v) is 4.20. The van der Waals surface area contributed by atoms with Gasteiger partial charge in [0.2, 0.25) is 0 Å². The number of benzene rings is 1. The Morgan fingerprint density at radius 1 is 1.50 bits per heavy atom. The summed E-state index contributed by atoms with van der Waals surface area (Å²) < 4.78 is 6.75. The van der Waals surface area contributed by atoms with Gasteiger partial charge in [-0.2, -0.15) is 5.10 Å². The molecule has 0 spiro atoms. The minimum Gasteiger partial charge on any atom is -0.456 e. The van der Waals surface area contributed by atoms with Crippen molar-refractivity contribution in [2.45, 2.75) is 6.61 Å². The van der Waals surface area contributed by atoms with Crippen molar-refractivity contribution in [3.8, 4) is 0 Å². The summed E-state index contributed by atoms with van der Waals surface area (Å²) in [5.74, 6) is -0.455. The highest BCUT2D eigenvalue weighted by Crippen LogP contribution is 2.20. The first-order chi connectivity index (χ1) is 8.56. The summed E-state index contributed by atoms with van der Waals surface area (Å²) in [6.07, 6.45) is 1.78. The zero-order chi connectivity index (χ0) is 13.1. The summed E-state index contributed by atoms with van der Waals surface area (Å²) in [5.41, 5.74) is 7.02. The fourth-order valence-corrected chi connectivity index (χ4v) is 1.55. The SMILES string of the molecule is Cn1ccc(COC(=O)c2ccc(Cl)c(N)c2)n1. The van der Waals surface area contributed by atoms with Crippen LogP contribution in [0.4, 0.5) is 5.69 Å². The Kier molecular flexibility index (Phi) is 3.53. The lowest BCUT2D eigenvalue weighted by Crippen LogP contribution is -2.06. The topological polar surface area (TPSA) is 70.1 Å². The number of nitrogens with two attached hydrogens (primary N) is 1. The molecule has 0 aliphatic carbocycles. The molecule has 6 heteroatoms. The first kappa shape index (κ1) is 12.4. The van der Waals surface area contributed by atoms with Gasteiger partial charge in [0.05, 0.1) is 22.0 Å². The minimum atomic E-state index is -0.455. The maximum atomic E-state index is 11.7. The molecule has 2 aromatic rings. The molecule has 0 unspecified atom stereocenters. The molecular weight excluding hydrogens is 254 g/mol. The molecular formula is C12H12ClN3O2. The molecule has 1 heterocycles. The minimum absolute atomic E-state index is 0.127. The predicted octanol–water partition coefficient (Wildman–Crippen LogP) is 2.01. The van der Waals surface area contributed by atoms with Crippen LogP contribution in [0.3, 0.4) is 0 Å². The molecule has 0 saturated carbocycles. The van der Waals surface area contributed by atoms with Crippen molar-refractivity contribution >= 4 is 23.3 Å². The number of aromatic nitrogens is 2. The van der Waals surface area contributed by atoms with Crippen molar-refractivity contribution < 1.29 is 9.53 Å². The standard InChI is InChI=1S/C12H12ClN3O2/c1-16-5-4-9(15-16)7-18-12(17)8-2-3-10(13)11(14)6-8/h2-6H,7,14H2,1H3. The van der Waals surface area contributed by atoms with Crippen LogP contribution in [0.2, 0.25) is 5.02 Å². The number of nitrogens with zero attached hydrogens (tertiary/aromatic N) is 2. The van der Waals surface area contributed by atoms with E-state index < -0.39 is 5.97 Å². The Labute approximate surface area is 109 Å². The number of hydrogen-bond acceptors (Lipinski definition) is 4. The van der Waals surface area contributed by atoms with Gasteiger partial charge in [-0.05, 0) is 24.3 Å². The number of carbonyl (C=O) groups is 1. The number of rotatable bonds is 3.